The third-order valence-electron chi connectivity index (χ3n) is 24.0. The lowest BCUT2D eigenvalue weighted by atomic mass is 9.85. The number of pyridine rings is 1. The van der Waals surface area contributed by atoms with Gasteiger partial charge >= 0.3 is 0 Å². The first kappa shape index (κ1) is 33.2. The molecule has 1 aromatic heterocycles. The molecule has 1 N–H and O–H groups in total. The number of rotatable bonds is 7. The van der Waals surface area contributed by atoms with E-state index in [9.17, 15) is 0 Å². The second-order valence-corrected chi connectivity index (χ2v) is 26.4. The maximum Gasteiger partial charge on any atom is 0.261 e. The number of halogens is 1. The summed E-state index contributed by atoms with van der Waals surface area (Å²) in [5, 5.41) is 76.9. The summed E-state index contributed by atoms with van der Waals surface area (Å²) in [6, 6.07) is 8.11. The van der Waals surface area contributed by atoms with Gasteiger partial charge in [0.05, 0.1) is 29.8 Å². The van der Waals surface area contributed by atoms with Crippen LogP contribution in [0.4, 0.5) is 5.69 Å². The van der Waals surface area contributed by atoms with Gasteiger partial charge in [0.15, 0.2) is 0 Å². The summed E-state index contributed by atoms with van der Waals surface area (Å²) in [6.07, 6.45) is 0.635. The van der Waals surface area contributed by atoms with E-state index >= 15 is 9.59 Å². The zero-order valence-electron chi connectivity index (χ0n) is 40.0. The number of aromatic nitrogens is 1. The lowest BCUT2D eigenvalue weighted by Gasteiger charge is -2.21. The standard InChI is InChI=1S/C70H16BrN3O4/c1-77-6-7-78-9-74-68-64-22-17(70(74)76)13-8-12-14-15(13)19-24(22)30-32-26(19)25-18(14)23-20-16(12)21-28-27(20)33-35-29(23)31(25)36-37(32)46-43-41(36)40(35)42-38(33)39-34(28)56-53-48(39)47-44(42)45(43)49-50(47)55-57(53)62(65(68)60(55)58-52(49)51(46)54(30)59(58)64)66-61(56)63(21)67(69(66)75)73-72-11-4-2-10(71)3-5-11/h2-5,72H,6-9H2,1H3/b73-67+. The van der Waals surface area contributed by atoms with E-state index in [-0.39, 0.29) is 17.7 Å². The minimum absolute atomic E-state index is 0.0115. The normalized spacial score (nSPS) is 16.5. The van der Waals surface area contributed by atoms with Gasteiger partial charge in [0.25, 0.3) is 5.56 Å². The van der Waals surface area contributed by atoms with Gasteiger partial charge in [-0.05, 0) is 149 Å². The molecule has 0 fully saturated rings. The van der Waals surface area contributed by atoms with Gasteiger partial charge in [-0.25, -0.2) is 0 Å². The average Bonchev–Trinajstić information content (AvgIpc) is 1.60. The van der Waals surface area contributed by atoms with Crippen molar-refractivity contribution in [2.24, 2.45) is 5.10 Å². The lowest BCUT2D eigenvalue weighted by molar-refractivity contribution is 0.0349. The lowest BCUT2D eigenvalue weighted by Crippen LogP contribution is -2.24. The van der Waals surface area contributed by atoms with Crippen LogP contribution in [0, 0.1) is 0 Å². The Labute approximate surface area is 433 Å². The SMILES string of the molecule is COCCOCn1c(=O)c2c3c4c5c(c6c7c8/c(=N\Nc9ccc(Br)cc9)c(=O)c9c8c8c%10c7c7c6c6c5c5c%11c4c4c2c2c%12c%13c4c%11c4c%11c5c6c5c7c6c%10c7c8c8c9c(c9c8c8c7c7c6c5c%11c5c7c8c(c%13c45)c%129)c21)C3. The van der Waals surface area contributed by atoms with E-state index in [1.54, 1.807) is 7.11 Å². The monoisotopic (exact) mass is 1040 g/mol. The molecule has 0 amide bonds. The molecule has 0 saturated heterocycles. The van der Waals surface area contributed by atoms with Crippen molar-refractivity contribution in [2.45, 2.75) is 13.2 Å². The molecule has 28 aromatic carbocycles. The predicted octanol–water partition coefficient (Wildman–Crippen LogP) is 16.8. The maximum absolute atomic E-state index is 17.0. The molecule has 0 atom stereocenters. The zero-order valence-corrected chi connectivity index (χ0v) is 41.6. The van der Waals surface area contributed by atoms with E-state index in [0.29, 0.717) is 25.0 Å². The number of nitrogens with one attached hydrogen (secondary N) is 1. The van der Waals surface area contributed by atoms with Crippen molar-refractivity contribution in [3.63, 3.8) is 0 Å². The van der Waals surface area contributed by atoms with E-state index in [0.717, 1.165) is 53.4 Å². The van der Waals surface area contributed by atoms with Gasteiger partial charge in [0.2, 0.25) is 5.43 Å². The van der Waals surface area contributed by atoms with Gasteiger partial charge in [0, 0.05) is 185 Å². The molecular weight excluding hydrogens is 1030 g/mol. The fourth-order valence-electron chi connectivity index (χ4n) is 22.8. The first-order valence-corrected chi connectivity index (χ1v) is 28.4. The molecule has 8 heteroatoms. The summed E-state index contributed by atoms with van der Waals surface area (Å²) in [7, 11) is 1.71. The van der Waals surface area contributed by atoms with Crippen molar-refractivity contribution in [3.8, 4) is 0 Å². The van der Waals surface area contributed by atoms with Crippen molar-refractivity contribution >= 4 is 313 Å². The molecule has 7 nitrogen and oxygen atoms in total. The van der Waals surface area contributed by atoms with E-state index in [2.05, 4.69) is 21.4 Å². The molecule has 342 valence electrons. The Morgan fingerprint density at radius 1 is 0.397 bits per heavy atom. The fourth-order valence-corrected chi connectivity index (χ4v) is 23.1. The van der Waals surface area contributed by atoms with Crippen LogP contribution in [0.3, 0.4) is 0 Å². The summed E-state index contributed by atoms with van der Waals surface area (Å²) in [5.41, 5.74) is 7.71. The quantitative estimate of drug-likeness (QED) is 0.0744. The van der Waals surface area contributed by atoms with Gasteiger partial charge < -0.3 is 9.47 Å². The van der Waals surface area contributed by atoms with Crippen LogP contribution in [0.15, 0.2) is 43.4 Å². The van der Waals surface area contributed by atoms with Crippen molar-refractivity contribution in [2.75, 3.05) is 25.7 Å². The third-order valence-corrected chi connectivity index (χ3v) is 24.5. The minimum atomic E-state index is -0.0406. The van der Waals surface area contributed by atoms with Gasteiger partial charge in [0.1, 0.15) is 12.1 Å². The zero-order chi connectivity index (χ0) is 48.3. The van der Waals surface area contributed by atoms with Crippen molar-refractivity contribution in [1.29, 1.82) is 0 Å². The topological polar surface area (TPSA) is 81.9 Å². The van der Waals surface area contributed by atoms with Crippen LogP contribution in [0.5, 0.6) is 0 Å². The van der Waals surface area contributed by atoms with E-state index in [1.807, 2.05) is 28.8 Å². The highest BCUT2D eigenvalue weighted by molar-refractivity contribution is 9.10. The highest BCUT2D eigenvalue weighted by atomic mass is 79.9. The molecule has 78 heavy (non-hydrogen) atoms. The number of hydrogen-bond donors (Lipinski definition) is 1. The van der Waals surface area contributed by atoms with Crippen LogP contribution in [-0.4, -0.2) is 24.9 Å². The van der Waals surface area contributed by atoms with Crippen LogP contribution in [0.1, 0.15) is 11.1 Å². The summed E-state index contributed by atoms with van der Waals surface area (Å²) in [4.78, 5) is 34.0. The molecule has 0 aliphatic heterocycles. The minimum Gasteiger partial charge on any atom is -0.382 e. The van der Waals surface area contributed by atoms with Crippen molar-refractivity contribution in [1.82, 2.24) is 4.57 Å². The summed E-state index contributed by atoms with van der Waals surface area (Å²) >= 11 is 3.67. The Bertz CT molecular complexity index is 7960. The smallest absolute Gasteiger partial charge is 0.261 e. The number of methoxy groups -OCH3 is 1. The van der Waals surface area contributed by atoms with E-state index < -0.39 is 0 Å². The molecule has 0 unspecified atom stereocenters. The van der Waals surface area contributed by atoms with Gasteiger partial charge in [-0.1, -0.05) is 15.9 Å². The molecule has 0 radical (unpaired) electrons. The van der Waals surface area contributed by atoms with E-state index in [4.69, 9.17) is 14.6 Å². The molecular formula is C70H16BrN3O4. The molecule has 0 saturated carbocycles. The average molecular weight is 1040 g/mol. The molecule has 0 spiro atoms. The molecule has 29 aromatic rings. The number of nitrogens with zero attached hydrogens (tertiary/aromatic N) is 2. The van der Waals surface area contributed by atoms with Crippen LogP contribution >= 0.6 is 15.9 Å². The summed E-state index contributed by atoms with van der Waals surface area (Å²) in [6.45, 7) is 0.827. The fraction of sp³-hybridized carbons (Fsp3) is 0.0714. The highest BCUT2D eigenvalue weighted by Gasteiger charge is 2.50. The van der Waals surface area contributed by atoms with Gasteiger partial charge in [-0.2, -0.15) is 5.10 Å². The number of hydrogen-bond acceptors (Lipinski definition) is 6. The third kappa shape index (κ3) is 2.20. The number of anilines is 1. The largest absolute Gasteiger partial charge is 0.382 e. The molecule has 0 bridgehead atoms. The van der Waals surface area contributed by atoms with Crippen LogP contribution in [0.2, 0.25) is 0 Å². The molecule has 1 aliphatic rings. The number of benzene rings is 18. The Morgan fingerprint density at radius 3 is 1.10 bits per heavy atom. The Morgan fingerprint density at radius 2 is 0.705 bits per heavy atom. The predicted molar refractivity (Wildman–Crippen MR) is 327 cm³/mol. The Balaban J connectivity index is 1.12. The Kier molecular flexibility index (Phi) is 3.63. The second kappa shape index (κ2) is 8.53. The number of ether oxygens (including phenoxy) is 2. The Hall–Kier alpha value is -9.05. The summed E-state index contributed by atoms with van der Waals surface area (Å²) < 4.78 is 15.4. The van der Waals surface area contributed by atoms with Crippen LogP contribution in [-0.2, 0) is 22.6 Å². The highest BCUT2D eigenvalue weighted by Crippen LogP contribution is 2.77. The first-order chi connectivity index (χ1) is 38.6. The van der Waals surface area contributed by atoms with Crippen molar-refractivity contribution in [3.05, 3.63) is 65.8 Å². The number of fused-ring (bicyclic) bond motifs is 7. The molecule has 1 heterocycles. The van der Waals surface area contributed by atoms with Crippen molar-refractivity contribution < 1.29 is 9.47 Å². The van der Waals surface area contributed by atoms with Crippen LogP contribution in [0.25, 0.3) is 291 Å². The van der Waals surface area contributed by atoms with E-state index in [1.165, 1.54) is 259 Å². The molecule has 1 aliphatic carbocycles. The second-order valence-electron chi connectivity index (χ2n) is 25.5. The maximum atomic E-state index is 17.0. The summed E-state index contributed by atoms with van der Waals surface area (Å²) in [5.74, 6) is 0. The van der Waals surface area contributed by atoms with Crippen LogP contribution < -0.4 is 21.8 Å². The first-order valence-electron chi connectivity index (χ1n) is 27.6. The van der Waals surface area contributed by atoms with Gasteiger partial charge in [-0.3, -0.25) is 19.6 Å². The molecule has 30 rings (SSSR count). The van der Waals surface area contributed by atoms with Gasteiger partial charge in [-0.15, -0.1) is 0 Å².